The number of aliphatic hydroxyl groups excluding tert-OH is 1. The van der Waals surface area contributed by atoms with Crippen molar-refractivity contribution in [3.8, 4) is 0 Å². The first-order valence-corrected chi connectivity index (χ1v) is 18.1. The SMILES string of the molecule is N[C@@H](CS)C(=O)N[C@@H](Cc1c[nH]c2ccccc12)C(=O)N[C@@H](Cc1cnc[nH]1)C(=O)N[C@@H](Cc1ccccc1)C(=O)N[C@@H](CO)C(=O)N[C@@H](CS)C(=O)O. The third-order valence-electron chi connectivity index (χ3n) is 8.41. The van der Waals surface area contributed by atoms with Gasteiger partial charge in [-0.15, -0.1) is 0 Å². The van der Waals surface area contributed by atoms with Crippen LogP contribution in [0.2, 0.25) is 0 Å². The highest BCUT2D eigenvalue weighted by atomic mass is 32.1. The number of aliphatic carboxylic acids is 1. The van der Waals surface area contributed by atoms with Gasteiger partial charge in [0.25, 0.3) is 0 Å². The molecular weight excluding hydrogens is 739 g/mol. The molecule has 0 aliphatic heterocycles. The predicted octanol–water partition coefficient (Wildman–Crippen LogP) is -1.39. The summed E-state index contributed by atoms with van der Waals surface area (Å²) >= 11 is 8.01. The molecule has 0 saturated heterocycles. The molecule has 6 atom stereocenters. The molecule has 19 heteroatoms. The van der Waals surface area contributed by atoms with E-state index < -0.39 is 78.4 Å². The van der Waals surface area contributed by atoms with Gasteiger partial charge in [-0.2, -0.15) is 25.3 Å². The number of aromatic amines is 2. The van der Waals surface area contributed by atoms with E-state index in [0.29, 0.717) is 16.8 Å². The largest absolute Gasteiger partial charge is 0.480 e. The lowest BCUT2D eigenvalue weighted by Crippen LogP contribution is -2.60. The van der Waals surface area contributed by atoms with Crippen molar-refractivity contribution in [3.05, 3.63) is 90.1 Å². The molecule has 54 heavy (non-hydrogen) atoms. The Labute approximate surface area is 320 Å². The molecule has 0 saturated carbocycles. The molecule has 17 nitrogen and oxygen atoms in total. The monoisotopic (exact) mass is 781 g/mol. The van der Waals surface area contributed by atoms with E-state index >= 15 is 0 Å². The van der Waals surface area contributed by atoms with E-state index in [2.05, 4.69) is 66.8 Å². The Kier molecular flexibility index (Phi) is 15.5. The molecule has 0 aliphatic rings. The van der Waals surface area contributed by atoms with Crippen molar-refractivity contribution >= 4 is 71.7 Å². The van der Waals surface area contributed by atoms with Crippen LogP contribution in [0.15, 0.2) is 73.3 Å². The summed E-state index contributed by atoms with van der Waals surface area (Å²) in [7, 11) is 0. The van der Waals surface area contributed by atoms with Gasteiger partial charge in [-0.25, -0.2) is 9.78 Å². The quantitative estimate of drug-likeness (QED) is 0.0467. The van der Waals surface area contributed by atoms with Crippen LogP contribution < -0.4 is 32.3 Å². The van der Waals surface area contributed by atoms with Gasteiger partial charge in [0.1, 0.15) is 30.2 Å². The van der Waals surface area contributed by atoms with Gasteiger partial charge in [0.05, 0.1) is 19.0 Å². The Balaban J connectivity index is 1.60. The van der Waals surface area contributed by atoms with E-state index in [9.17, 15) is 39.0 Å². The zero-order valence-corrected chi connectivity index (χ0v) is 30.7. The third kappa shape index (κ3) is 11.6. The third-order valence-corrected chi connectivity index (χ3v) is 9.16. The van der Waals surface area contributed by atoms with Crippen molar-refractivity contribution in [1.29, 1.82) is 0 Å². The second-order valence-electron chi connectivity index (χ2n) is 12.3. The van der Waals surface area contributed by atoms with E-state index in [4.69, 9.17) is 5.73 Å². The number of H-pyrrole nitrogens is 2. The average molecular weight is 782 g/mol. The highest BCUT2D eigenvalue weighted by Gasteiger charge is 2.33. The Morgan fingerprint density at radius 1 is 0.685 bits per heavy atom. The predicted molar refractivity (Wildman–Crippen MR) is 204 cm³/mol. The molecule has 2 aromatic carbocycles. The number of thiol groups is 2. The molecule has 4 aromatic rings. The molecule has 4 rings (SSSR count). The molecular formula is C35H43N9O8S2. The molecule has 0 fully saturated rings. The number of aromatic nitrogens is 3. The summed E-state index contributed by atoms with van der Waals surface area (Å²) in [5.74, 6) is -5.63. The van der Waals surface area contributed by atoms with Crippen LogP contribution in [-0.4, -0.2) is 115 Å². The van der Waals surface area contributed by atoms with Gasteiger partial charge in [-0.1, -0.05) is 48.5 Å². The maximum absolute atomic E-state index is 14.1. The molecule has 0 bridgehead atoms. The van der Waals surface area contributed by atoms with Crippen molar-refractivity contribution in [2.75, 3.05) is 18.1 Å². The summed E-state index contributed by atoms with van der Waals surface area (Å²) in [6.45, 7) is -0.887. The molecule has 2 heterocycles. The second kappa shape index (κ2) is 20.2. The topological polar surface area (TPSA) is 274 Å². The number of rotatable bonds is 20. The van der Waals surface area contributed by atoms with E-state index in [1.54, 1.807) is 36.5 Å². The van der Waals surface area contributed by atoms with Gasteiger partial charge >= 0.3 is 5.97 Å². The highest BCUT2D eigenvalue weighted by molar-refractivity contribution is 7.80. The summed E-state index contributed by atoms with van der Waals surface area (Å²) in [6.07, 6.45) is 4.41. The Morgan fingerprint density at radius 3 is 1.83 bits per heavy atom. The molecule has 2 aromatic heterocycles. The number of aliphatic hydroxyl groups is 1. The van der Waals surface area contributed by atoms with Crippen molar-refractivity contribution in [2.24, 2.45) is 5.73 Å². The lowest BCUT2D eigenvalue weighted by atomic mass is 10.0. The highest BCUT2D eigenvalue weighted by Crippen LogP contribution is 2.19. The summed E-state index contributed by atoms with van der Waals surface area (Å²) in [5, 5.41) is 32.7. The van der Waals surface area contributed by atoms with E-state index in [1.807, 2.05) is 24.3 Å². The normalized spacial score (nSPS) is 14.4. The van der Waals surface area contributed by atoms with Gasteiger partial charge in [0.2, 0.25) is 29.5 Å². The van der Waals surface area contributed by atoms with Gasteiger partial charge < -0.3 is 52.5 Å². The Bertz CT molecular complexity index is 1890. The van der Waals surface area contributed by atoms with Gasteiger partial charge in [-0.3, -0.25) is 24.0 Å². The second-order valence-corrected chi connectivity index (χ2v) is 13.1. The maximum atomic E-state index is 14.1. The van der Waals surface area contributed by atoms with Gasteiger partial charge in [0.15, 0.2) is 0 Å². The van der Waals surface area contributed by atoms with Crippen molar-refractivity contribution in [3.63, 3.8) is 0 Å². The number of carbonyl (C=O) groups excluding carboxylic acids is 5. The Morgan fingerprint density at radius 2 is 1.24 bits per heavy atom. The maximum Gasteiger partial charge on any atom is 0.327 e. The Hall–Kier alpha value is -5.37. The summed E-state index contributed by atoms with van der Waals surface area (Å²) in [4.78, 5) is 89.0. The number of para-hydroxylation sites is 1. The first-order chi connectivity index (χ1) is 25.9. The van der Waals surface area contributed by atoms with E-state index in [0.717, 1.165) is 10.9 Å². The van der Waals surface area contributed by atoms with Crippen LogP contribution in [0.5, 0.6) is 0 Å². The lowest BCUT2D eigenvalue weighted by molar-refractivity contribution is -0.142. The van der Waals surface area contributed by atoms with Crippen LogP contribution in [0.4, 0.5) is 0 Å². The summed E-state index contributed by atoms with van der Waals surface area (Å²) in [6, 6.07) is 8.18. The summed E-state index contributed by atoms with van der Waals surface area (Å²) in [5.41, 5.74) is 8.53. The van der Waals surface area contributed by atoms with Crippen LogP contribution >= 0.6 is 25.3 Å². The molecule has 288 valence electrons. The fourth-order valence-electron chi connectivity index (χ4n) is 5.44. The van der Waals surface area contributed by atoms with Crippen LogP contribution in [0.25, 0.3) is 10.9 Å². The smallest absolute Gasteiger partial charge is 0.327 e. The standard InChI is InChI=1S/C35H43N9O8S2/c36-23(16-53)30(46)40-26(11-20-13-38-24-9-5-4-8-22(20)24)32(48)42-27(12-21-14-37-18-39-21)33(49)41-25(10-19-6-2-1-3-7-19)31(47)43-28(15-45)34(50)44-29(17-54)35(51)52/h1-9,13-14,18,23,25-29,38,45,53-54H,10-12,15-17,36H2,(H,37,39)(H,40,46)(H,41,49)(H,42,48)(H,43,47)(H,44,50)(H,51,52)/t23-,25-,26-,27-,28-,29-/m0/s1. The number of nitrogens with one attached hydrogen (secondary N) is 7. The minimum atomic E-state index is -1.58. The number of benzene rings is 2. The van der Waals surface area contributed by atoms with E-state index in [-0.39, 0.29) is 30.8 Å². The van der Waals surface area contributed by atoms with Crippen LogP contribution in [0, 0.1) is 0 Å². The number of hydrogen-bond donors (Lipinski definition) is 12. The zero-order chi connectivity index (χ0) is 39.2. The number of carbonyl (C=O) groups is 6. The van der Waals surface area contributed by atoms with Crippen LogP contribution in [-0.2, 0) is 48.0 Å². The average Bonchev–Trinajstić information content (AvgIpc) is 3.84. The number of carboxylic acid groups (broad SMARTS) is 1. The van der Waals surface area contributed by atoms with Gasteiger partial charge in [-0.05, 0) is 17.2 Å². The number of amides is 5. The van der Waals surface area contributed by atoms with Crippen LogP contribution in [0.1, 0.15) is 16.8 Å². The first kappa shape index (κ1) is 41.4. The molecule has 5 amide bonds. The number of hydrogen-bond acceptors (Lipinski definition) is 11. The number of nitrogens with zero attached hydrogens (tertiary/aromatic N) is 1. The van der Waals surface area contributed by atoms with Crippen molar-refractivity contribution in [1.82, 2.24) is 41.5 Å². The molecule has 0 aliphatic carbocycles. The number of nitrogens with two attached hydrogens (primary N) is 1. The molecule has 0 spiro atoms. The lowest BCUT2D eigenvalue weighted by Gasteiger charge is -2.27. The molecule has 11 N–H and O–H groups in total. The van der Waals surface area contributed by atoms with Crippen molar-refractivity contribution in [2.45, 2.75) is 55.5 Å². The molecule has 0 radical (unpaired) electrons. The zero-order valence-electron chi connectivity index (χ0n) is 28.9. The fourth-order valence-corrected chi connectivity index (χ4v) is 5.86. The van der Waals surface area contributed by atoms with Crippen molar-refractivity contribution < 1.29 is 39.0 Å². The summed E-state index contributed by atoms with van der Waals surface area (Å²) < 4.78 is 0. The fraction of sp³-hybridized carbons (Fsp3) is 0.343. The minimum absolute atomic E-state index is 0.0110. The number of carboxylic acids is 1. The first-order valence-electron chi connectivity index (χ1n) is 16.8. The van der Waals surface area contributed by atoms with Gasteiger partial charge in [0, 0.05) is 59.8 Å². The minimum Gasteiger partial charge on any atom is -0.480 e. The number of fused-ring (bicyclic) bond motifs is 1. The molecule has 0 unspecified atom stereocenters. The number of imidazole rings is 1. The van der Waals surface area contributed by atoms with Crippen LogP contribution in [0.3, 0.4) is 0 Å². The van der Waals surface area contributed by atoms with E-state index in [1.165, 1.54) is 12.5 Å².